The fourth-order valence-electron chi connectivity index (χ4n) is 5.59. The maximum atomic E-state index is 10.4. The Bertz CT molecular complexity index is 924. The minimum Gasteiger partial charge on any atom is -0.487 e. The van der Waals surface area contributed by atoms with Crippen molar-refractivity contribution >= 4 is 0 Å². The molecule has 1 unspecified atom stereocenters. The first-order chi connectivity index (χ1) is 16.2. The van der Waals surface area contributed by atoms with E-state index in [2.05, 4.69) is 39.5 Å². The summed E-state index contributed by atoms with van der Waals surface area (Å²) < 4.78 is 18.4. The first-order valence-corrected chi connectivity index (χ1v) is 12.3. The van der Waals surface area contributed by atoms with Crippen LogP contribution in [0.15, 0.2) is 36.4 Å². The summed E-state index contributed by atoms with van der Waals surface area (Å²) in [5.41, 5.74) is 2.93. The van der Waals surface area contributed by atoms with Gasteiger partial charge in [0.1, 0.15) is 23.2 Å². The Kier molecular flexibility index (Phi) is 7.41. The third-order valence-electron chi connectivity index (χ3n) is 7.54. The van der Waals surface area contributed by atoms with Crippen LogP contribution in [0.1, 0.15) is 63.5 Å². The van der Waals surface area contributed by atoms with Crippen molar-refractivity contribution in [3.8, 4) is 11.5 Å². The van der Waals surface area contributed by atoms with E-state index in [-0.39, 0.29) is 17.4 Å². The molecule has 188 valence electrons. The lowest BCUT2D eigenvalue weighted by Gasteiger charge is -2.47. The van der Waals surface area contributed by atoms with Crippen LogP contribution in [0.25, 0.3) is 0 Å². The molecule has 0 radical (unpaired) electrons. The largest absolute Gasteiger partial charge is 0.487 e. The van der Waals surface area contributed by atoms with Crippen LogP contribution in [0.3, 0.4) is 0 Å². The van der Waals surface area contributed by atoms with Crippen LogP contribution in [0.5, 0.6) is 11.5 Å². The summed E-state index contributed by atoms with van der Waals surface area (Å²) in [4.78, 5) is 0. The first-order valence-electron chi connectivity index (χ1n) is 12.3. The molecule has 1 aromatic carbocycles. The normalized spacial score (nSPS) is 34.3. The molecule has 4 rings (SSSR count). The van der Waals surface area contributed by atoms with Crippen LogP contribution in [-0.2, 0) is 11.2 Å². The van der Waals surface area contributed by atoms with Gasteiger partial charge in [-0.2, -0.15) is 0 Å². The molecule has 1 aromatic rings. The van der Waals surface area contributed by atoms with Crippen molar-refractivity contribution in [2.24, 2.45) is 11.8 Å². The second kappa shape index (κ2) is 9.99. The van der Waals surface area contributed by atoms with Crippen molar-refractivity contribution in [3.05, 3.63) is 47.6 Å². The third kappa shape index (κ3) is 4.77. The van der Waals surface area contributed by atoms with Gasteiger partial charge >= 0.3 is 0 Å². The van der Waals surface area contributed by atoms with E-state index in [1.165, 1.54) is 5.57 Å². The SMILES string of the molecule is C=CCCCc1cc(OC2O[C@H](O)[C@@H](O)[C@H](O)[C@H]2CO)c2c(c1)OC(C)(C)[C@@H]1CCC(C)=C[C@@H]21. The molecule has 1 aliphatic carbocycles. The maximum Gasteiger partial charge on any atom is 0.210 e. The fourth-order valence-corrected chi connectivity index (χ4v) is 5.59. The van der Waals surface area contributed by atoms with E-state index in [4.69, 9.17) is 14.2 Å². The number of aryl methyl sites for hydroxylation is 1. The van der Waals surface area contributed by atoms with Gasteiger partial charge in [0.25, 0.3) is 0 Å². The van der Waals surface area contributed by atoms with E-state index >= 15 is 0 Å². The van der Waals surface area contributed by atoms with Gasteiger partial charge in [-0.3, -0.25) is 0 Å². The number of aliphatic hydroxyl groups is 4. The van der Waals surface area contributed by atoms with Gasteiger partial charge in [-0.1, -0.05) is 17.7 Å². The van der Waals surface area contributed by atoms with Crippen LogP contribution in [-0.4, -0.2) is 57.4 Å². The van der Waals surface area contributed by atoms with Crippen molar-refractivity contribution in [1.82, 2.24) is 0 Å². The van der Waals surface area contributed by atoms with E-state index in [9.17, 15) is 20.4 Å². The summed E-state index contributed by atoms with van der Waals surface area (Å²) >= 11 is 0. The maximum absolute atomic E-state index is 10.4. The van der Waals surface area contributed by atoms with Gasteiger partial charge < -0.3 is 34.6 Å². The van der Waals surface area contributed by atoms with Crippen LogP contribution in [0.2, 0.25) is 0 Å². The quantitative estimate of drug-likeness (QED) is 0.355. The number of ether oxygens (including phenoxy) is 3. The van der Waals surface area contributed by atoms with E-state index < -0.39 is 37.3 Å². The smallest absolute Gasteiger partial charge is 0.210 e. The predicted octanol–water partition coefficient (Wildman–Crippen LogP) is 3.19. The van der Waals surface area contributed by atoms with Crippen LogP contribution in [0, 0.1) is 11.8 Å². The Labute approximate surface area is 201 Å². The van der Waals surface area contributed by atoms with Crippen molar-refractivity contribution in [2.45, 2.75) is 89.2 Å². The molecule has 1 fully saturated rings. The van der Waals surface area contributed by atoms with E-state index in [1.54, 1.807) is 0 Å². The van der Waals surface area contributed by atoms with Gasteiger partial charge in [0.2, 0.25) is 6.29 Å². The summed E-state index contributed by atoms with van der Waals surface area (Å²) in [6.07, 6.45) is 3.18. The molecule has 2 aliphatic heterocycles. The summed E-state index contributed by atoms with van der Waals surface area (Å²) in [7, 11) is 0. The molecular formula is C27H38O7. The highest BCUT2D eigenvalue weighted by Crippen LogP contribution is 2.54. The molecule has 7 nitrogen and oxygen atoms in total. The highest BCUT2D eigenvalue weighted by molar-refractivity contribution is 5.54. The Morgan fingerprint density at radius 2 is 1.97 bits per heavy atom. The molecule has 34 heavy (non-hydrogen) atoms. The van der Waals surface area contributed by atoms with Crippen molar-refractivity contribution in [1.29, 1.82) is 0 Å². The second-order valence-electron chi connectivity index (χ2n) is 10.4. The molecule has 0 amide bonds. The van der Waals surface area contributed by atoms with Gasteiger partial charge in [-0.25, -0.2) is 0 Å². The van der Waals surface area contributed by atoms with Gasteiger partial charge in [-0.15, -0.1) is 6.58 Å². The second-order valence-corrected chi connectivity index (χ2v) is 10.4. The molecule has 0 saturated carbocycles. The van der Waals surface area contributed by atoms with E-state index in [1.807, 2.05) is 12.1 Å². The lowest BCUT2D eigenvalue weighted by molar-refractivity contribution is -0.313. The average Bonchev–Trinajstić information content (AvgIpc) is 2.77. The number of hydrogen-bond donors (Lipinski definition) is 4. The summed E-state index contributed by atoms with van der Waals surface area (Å²) in [5.74, 6) is 0.749. The molecule has 2 heterocycles. The van der Waals surface area contributed by atoms with Gasteiger partial charge in [0.05, 0.1) is 18.6 Å². The van der Waals surface area contributed by atoms with E-state index in [0.29, 0.717) is 5.75 Å². The number of benzene rings is 1. The topological polar surface area (TPSA) is 109 Å². The zero-order valence-corrected chi connectivity index (χ0v) is 20.3. The molecule has 4 N–H and O–H groups in total. The van der Waals surface area contributed by atoms with Crippen molar-refractivity contribution < 1.29 is 34.6 Å². The monoisotopic (exact) mass is 474 g/mol. The standard InChI is InChI=1S/C27H38O7/c1-5-6-7-8-16-12-20(32-26-18(14-28)23(29)24(30)25(31)33-26)22-17-11-15(2)9-10-19(17)27(3,4)34-21(22)13-16/h5,11-13,17-19,23-26,28-31H,1,6-10,14H2,2-4H3/t17-,18-,19-,23-,24+,25+,26?/m1/s1. The number of rotatable bonds is 7. The lowest BCUT2D eigenvalue weighted by Crippen LogP contribution is -2.57. The molecule has 7 atom stereocenters. The number of fused-ring (bicyclic) bond motifs is 3. The summed E-state index contributed by atoms with van der Waals surface area (Å²) in [5, 5.41) is 40.4. The fraction of sp³-hybridized carbons (Fsp3) is 0.630. The number of hydrogen-bond acceptors (Lipinski definition) is 7. The Morgan fingerprint density at radius 1 is 1.21 bits per heavy atom. The highest BCUT2D eigenvalue weighted by atomic mass is 16.7. The first kappa shape index (κ1) is 25.2. The van der Waals surface area contributed by atoms with Crippen LogP contribution >= 0.6 is 0 Å². The Hall–Kier alpha value is -1.90. The molecule has 7 heteroatoms. The molecule has 3 aliphatic rings. The molecule has 0 aromatic heterocycles. The van der Waals surface area contributed by atoms with E-state index in [0.717, 1.165) is 49.0 Å². The highest BCUT2D eigenvalue weighted by Gasteiger charge is 2.48. The molecule has 0 spiro atoms. The molecule has 1 saturated heterocycles. The summed E-state index contributed by atoms with van der Waals surface area (Å²) in [6, 6.07) is 4.06. The van der Waals surface area contributed by atoms with Gasteiger partial charge in [0.15, 0.2) is 6.29 Å². The average molecular weight is 475 g/mol. The number of allylic oxidation sites excluding steroid dienone is 3. The van der Waals surface area contributed by atoms with Gasteiger partial charge in [-0.05, 0) is 70.6 Å². The van der Waals surface area contributed by atoms with Crippen LogP contribution in [0.4, 0.5) is 0 Å². The minimum atomic E-state index is -1.62. The number of aliphatic hydroxyl groups excluding tert-OH is 4. The Morgan fingerprint density at radius 3 is 2.68 bits per heavy atom. The zero-order valence-electron chi connectivity index (χ0n) is 20.3. The molecular weight excluding hydrogens is 436 g/mol. The summed E-state index contributed by atoms with van der Waals surface area (Å²) in [6.45, 7) is 9.74. The molecule has 0 bridgehead atoms. The zero-order chi connectivity index (χ0) is 24.6. The van der Waals surface area contributed by atoms with Gasteiger partial charge in [0, 0.05) is 17.4 Å². The van der Waals surface area contributed by atoms with Crippen molar-refractivity contribution in [2.75, 3.05) is 6.61 Å². The third-order valence-corrected chi connectivity index (χ3v) is 7.54. The minimum absolute atomic E-state index is 0.0846. The van der Waals surface area contributed by atoms with Crippen LogP contribution < -0.4 is 9.47 Å². The van der Waals surface area contributed by atoms with Crippen molar-refractivity contribution in [3.63, 3.8) is 0 Å². The number of unbranched alkanes of at least 4 members (excludes halogenated alkanes) is 1. The predicted molar refractivity (Wildman–Crippen MR) is 128 cm³/mol. The lowest BCUT2D eigenvalue weighted by atomic mass is 9.68. The Balaban J connectivity index is 1.77.